The van der Waals surface area contributed by atoms with Gasteiger partial charge in [-0.05, 0) is 49.3 Å². The normalized spacial score (nSPS) is 17.8. The van der Waals surface area contributed by atoms with Gasteiger partial charge < -0.3 is 24.0 Å². The van der Waals surface area contributed by atoms with Crippen molar-refractivity contribution in [3.63, 3.8) is 0 Å². The molecule has 0 aromatic heterocycles. The maximum Gasteiger partial charge on any atom is 0.409 e. The number of methoxy groups -OCH3 is 2. The molecule has 0 spiro atoms. The van der Waals surface area contributed by atoms with Gasteiger partial charge in [0.2, 0.25) is 5.91 Å². The quantitative estimate of drug-likeness (QED) is 0.716. The van der Waals surface area contributed by atoms with E-state index in [0.717, 1.165) is 18.4 Å². The smallest absolute Gasteiger partial charge is 0.409 e. The van der Waals surface area contributed by atoms with Crippen LogP contribution in [0, 0.1) is 5.92 Å². The molecule has 1 aliphatic heterocycles. The fourth-order valence-electron chi connectivity index (χ4n) is 3.81. The van der Waals surface area contributed by atoms with Crippen LogP contribution < -0.4 is 9.47 Å². The monoisotopic (exact) mass is 390 g/mol. The third kappa shape index (κ3) is 4.69. The van der Waals surface area contributed by atoms with E-state index >= 15 is 0 Å². The maximum absolute atomic E-state index is 12.9. The number of hydrogen-bond donors (Lipinski definition) is 0. The number of nitrogens with zero attached hydrogens (tertiary/aromatic N) is 2. The second kappa shape index (κ2) is 9.17. The van der Waals surface area contributed by atoms with Crippen molar-refractivity contribution in [1.82, 2.24) is 9.80 Å². The maximum atomic E-state index is 12.9. The number of piperazine rings is 1. The number of benzene rings is 1. The van der Waals surface area contributed by atoms with Crippen LogP contribution in [0.5, 0.6) is 11.5 Å². The Morgan fingerprint density at radius 1 is 1.04 bits per heavy atom. The van der Waals surface area contributed by atoms with E-state index < -0.39 is 0 Å². The molecule has 1 aromatic rings. The van der Waals surface area contributed by atoms with Crippen LogP contribution in [0.3, 0.4) is 0 Å². The van der Waals surface area contributed by atoms with Gasteiger partial charge in [-0.3, -0.25) is 4.79 Å². The first-order chi connectivity index (χ1) is 13.6. The Bertz CT molecular complexity index is 696. The van der Waals surface area contributed by atoms with Crippen LogP contribution in [0.25, 0.3) is 0 Å². The van der Waals surface area contributed by atoms with Crippen LogP contribution in [0.2, 0.25) is 0 Å². The van der Waals surface area contributed by atoms with Crippen LogP contribution in [0.1, 0.15) is 37.7 Å². The van der Waals surface area contributed by atoms with Crippen molar-refractivity contribution in [2.75, 3.05) is 47.0 Å². The average Bonchev–Trinajstić information content (AvgIpc) is 3.56. The van der Waals surface area contributed by atoms with Gasteiger partial charge in [0.05, 0.1) is 20.8 Å². The summed E-state index contributed by atoms with van der Waals surface area (Å²) >= 11 is 0. The Balaban J connectivity index is 1.62. The summed E-state index contributed by atoms with van der Waals surface area (Å²) in [4.78, 5) is 28.3. The molecule has 3 rings (SSSR count). The van der Waals surface area contributed by atoms with E-state index in [-0.39, 0.29) is 17.9 Å². The Hall–Kier alpha value is -2.44. The summed E-state index contributed by atoms with van der Waals surface area (Å²) in [7, 11) is 3.25. The van der Waals surface area contributed by atoms with E-state index in [4.69, 9.17) is 14.2 Å². The highest BCUT2D eigenvalue weighted by molar-refractivity contribution is 5.78. The van der Waals surface area contributed by atoms with Gasteiger partial charge in [-0.1, -0.05) is 6.07 Å². The molecule has 1 saturated carbocycles. The molecule has 2 aliphatic rings. The lowest BCUT2D eigenvalue weighted by Crippen LogP contribution is -2.51. The third-order valence-corrected chi connectivity index (χ3v) is 5.58. The molecule has 1 unspecified atom stereocenters. The van der Waals surface area contributed by atoms with Gasteiger partial charge in [-0.25, -0.2) is 4.79 Å². The zero-order chi connectivity index (χ0) is 20.1. The van der Waals surface area contributed by atoms with Crippen molar-refractivity contribution in [3.8, 4) is 11.5 Å². The molecule has 1 heterocycles. The van der Waals surface area contributed by atoms with Gasteiger partial charge in [-0.15, -0.1) is 0 Å². The van der Waals surface area contributed by atoms with Gasteiger partial charge in [0.1, 0.15) is 0 Å². The molecular formula is C21H30N2O5. The number of carbonyl (C=O) groups is 2. The topological polar surface area (TPSA) is 68.3 Å². The van der Waals surface area contributed by atoms with Crippen molar-refractivity contribution in [2.24, 2.45) is 5.92 Å². The molecule has 2 fully saturated rings. The number of rotatable bonds is 7. The van der Waals surface area contributed by atoms with Gasteiger partial charge in [-0.2, -0.15) is 0 Å². The van der Waals surface area contributed by atoms with Crippen LogP contribution in [0.15, 0.2) is 18.2 Å². The lowest BCUT2D eigenvalue weighted by molar-refractivity contribution is -0.133. The molecular weight excluding hydrogens is 360 g/mol. The number of carbonyl (C=O) groups excluding carboxylic acids is 2. The highest BCUT2D eigenvalue weighted by Crippen LogP contribution is 2.46. The first-order valence-electron chi connectivity index (χ1n) is 9.98. The van der Waals surface area contributed by atoms with Crippen LogP contribution >= 0.6 is 0 Å². The number of amides is 2. The van der Waals surface area contributed by atoms with E-state index in [9.17, 15) is 9.59 Å². The molecule has 1 aromatic carbocycles. The molecule has 28 heavy (non-hydrogen) atoms. The molecule has 1 saturated heterocycles. The van der Waals surface area contributed by atoms with Crippen LogP contribution in [-0.4, -0.2) is 68.8 Å². The summed E-state index contributed by atoms with van der Waals surface area (Å²) in [5, 5.41) is 0. The van der Waals surface area contributed by atoms with Crippen molar-refractivity contribution in [1.29, 1.82) is 0 Å². The average molecular weight is 390 g/mol. The fraction of sp³-hybridized carbons (Fsp3) is 0.619. The van der Waals surface area contributed by atoms with E-state index in [1.807, 2.05) is 23.1 Å². The lowest BCUT2D eigenvalue weighted by atomic mass is 9.90. The summed E-state index contributed by atoms with van der Waals surface area (Å²) < 4.78 is 15.8. The van der Waals surface area contributed by atoms with Crippen molar-refractivity contribution in [2.45, 2.75) is 32.1 Å². The minimum absolute atomic E-state index is 0.148. The van der Waals surface area contributed by atoms with E-state index in [1.54, 1.807) is 26.0 Å². The summed E-state index contributed by atoms with van der Waals surface area (Å²) in [5.41, 5.74) is 1.12. The standard InChI is InChI=1S/C21H30N2O5/c1-4-28-21(25)23-11-9-22(10-12-23)20(24)14-17(15-5-6-15)16-7-8-18(26-2)19(13-16)27-3/h7-8,13,15,17H,4-6,9-12,14H2,1-3H3. The van der Waals surface area contributed by atoms with Crippen LogP contribution in [-0.2, 0) is 9.53 Å². The Morgan fingerprint density at radius 2 is 1.68 bits per heavy atom. The first kappa shape index (κ1) is 20.3. The minimum Gasteiger partial charge on any atom is -0.493 e. The van der Waals surface area contributed by atoms with Crippen molar-refractivity contribution < 1.29 is 23.8 Å². The summed E-state index contributed by atoms with van der Waals surface area (Å²) in [5.74, 6) is 2.27. The third-order valence-electron chi connectivity index (χ3n) is 5.58. The predicted molar refractivity (Wildman–Crippen MR) is 105 cm³/mol. The van der Waals surface area contributed by atoms with Crippen molar-refractivity contribution in [3.05, 3.63) is 23.8 Å². The molecule has 154 valence electrons. The summed E-state index contributed by atoms with van der Waals surface area (Å²) in [6, 6.07) is 5.94. The molecule has 1 atom stereocenters. The molecule has 0 radical (unpaired) electrons. The Labute approximate surface area is 166 Å². The minimum atomic E-state index is -0.296. The number of hydrogen-bond acceptors (Lipinski definition) is 5. The summed E-state index contributed by atoms with van der Waals surface area (Å²) in [6.45, 7) is 4.32. The van der Waals surface area contributed by atoms with E-state index in [2.05, 4.69) is 0 Å². The fourth-order valence-corrected chi connectivity index (χ4v) is 3.81. The zero-order valence-electron chi connectivity index (χ0n) is 17.0. The molecule has 1 aliphatic carbocycles. The SMILES string of the molecule is CCOC(=O)N1CCN(C(=O)CC(c2ccc(OC)c(OC)c2)C2CC2)CC1. The largest absolute Gasteiger partial charge is 0.493 e. The van der Waals surface area contributed by atoms with Crippen LogP contribution in [0.4, 0.5) is 4.79 Å². The number of ether oxygens (including phenoxy) is 3. The molecule has 0 N–H and O–H groups in total. The molecule has 2 amide bonds. The molecule has 7 heteroatoms. The van der Waals surface area contributed by atoms with Gasteiger partial charge in [0.15, 0.2) is 11.5 Å². The predicted octanol–water partition coefficient (Wildman–Crippen LogP) is 2.89. The second-order valence-electron chi connectivity index (χ2n) is 7.33. The van der Waals surface area contributed by atoms with Crippen molar-refractivity contribution >= 4 is 12.0 Å². The Kier molecular flexibility index (Phi) is 6.65. The van der Waals surface area contributed by atoms with Gasteiger partial charge >= 0.3 is 6.09 Å². The Morgan fingerprint density at radius 3 is 2.25 bits per heavy atom. The second-order valence-corrected chi connectivity index (χ2v) is 7.33. The van der Waals surface area contributed by atoms with E-state index in [0.29, 0.717) is 56.6 Å². The first-order valence-corrected chi connectivity index (χ1v) is 9.98. The summed E-state index contributed by atoms with van der Waals surface area (Å²) in [6.07, 6.45) is 2.50. The van der Waals surface area contributed by atoms with E-state index in [1.165, 1.54) is 0 Å². The van der Waals surface area contributed by atoms with Gasteiger partial charge in [0.25, 0.3) is 0 Å². The molecule has 7 nitrogen and oxygen atoms in total. The lowest BCUT2D eigenvalue weighted by Gasteiger charge is -2.34. The highest BCUT2D eigenvalue weighted by Gasteiger charge is 2.36. The van der Waals surface area contributed by atoms with Gasteiger partial charge in [0, 0.05) is 32.6 Å². The molecule has 0 bridgehead atoms. The highest BCUT2D eigenvalue weighted by atomic mass is 16.6. The zero-order valence-corrected chi connectivity index (χ0v) is 17.0.